The van der Waals surface area contributed by atoms with Gasteiger partial charge in [0.05, 0.1) is 7.11 Å². The Balaban J connectivity index is 3.28. The molecular weight excluding hydrogens is 269 g/mol. The summed E-state index contributed by atoms with van der Waals surface area (Å²) in [7, 11) is 1.17. The average molecular weight is 285 g/mol. The molecular formula is C13H16FNO3S. The number of rotatable bonds is 3. The van der Waals surface area contributed by atoms with Gasteiger partial charge in [0.2, 0.25) is 5.71 Å². The number of carbonyl (C=O) groups excluding carboxylic acids is 1. The lowest BCUT2D eigenvalue weighted by Gasteiger charge is -2.19. The van der Waals surface area contributed by atoms with Gasteiger partial charge < -0.3 is 9.29 Å². The summed E-state index contributed by atoms with van der Waals surface area (Å²) < 4.78 is 33.4. The fourth-order valence-electron chi connectivity index (χ4n) is 1.17. The van der Waals surface area contributed by atoms with E-state index in [0.29, 0.717) is 0 Å². The molecule has 0 amide bonds. The molecule has 1 aromatic rings. The maximum atomic E-state index is 13.7. The summed E-state index contributed by atoms with van der Waals surface area (Å²) in [5, 5.41) is 0. The number of benzene rings is 1. The minimum atomic E-state index is -1.68. The topological polar surface area (TPSA) is 61.7 Å². The van der Waals surface area contributed by atoms with Gasteiger partial charge in [-0.25, -0.2) is 9.18 Å². The summed E-state index contributed by atoms with van der Waals surface area (Å²) in [5.41, 5.74) is -0.291. The van der Waals surface area contributed by atoms with E-state index in [2.05, 4.69) is 9.13 Å². The van der Waals surface area contributed by atoms with Gasteiger partial charge in [0, 0.05) is 5.56 Å². The van der Waals surface area contributed by atoms with E-state index in [1.165, 1.54) is 25.3 Å². The molecule has 0 saturated heterocycles. The minimum Gasteiger partial charge on any atom is -0.591 e. The number of halogens is 1. The monoisotopic (exact) mass is 285 g/mol. The molecule has 0 heterocycles. The third-order valence-electron chi connectivity index (χ3n) is 2.21. The molecule has 0 fully saturated rings. The predicted octanol–water partition coefficient (Wildman–Crippen LogP) is 2.25. The molecule has 4 nitrogen and oxygen atoms in total. The highest BCUT2D eigenvalue weighted by Crippen LogP contribution is 2.19. The van der Waals surface area contributed by atoms with E-state index in [1.54, 1.807) is 26.8 Å². The Hall–Kier alpha value is -1.40. The van der Waals surface area contributed by atoms with E-state index in [-0.39, 0.29) is 11.3 Å². The van der Waals surface area contributed by atoms with Crippen molar-refractivity contribution in [2.24, 2.45) is 4.40 Å². The van der Waals surface area contributed by atoms with Crippen LogP contribution in [0, 0.1) is 5.82 Å². The van der Waals surface area contributed by atoms with E-state index in [9.17, 15) is 13.7 Å². The standard InChI is InChI=1S/C13H16FNO3S/c1-13(2,3)19(17)15-11(12(16)18-4)9-7-5-6-8-10(9)14/h5-8H,1-4H3/b15-11-/t19-/m0/s1. The second-order valence-electron chi connectivity index (χ2n) is 4.77. The van der Waals surface area contributed by atoms with E-state index in [0.717, 1.165) is 0 Å². The number of carbonyl (C=O) groups is 1. The summed E-state index contributed by atoms with van der Waals surface area (Å²) in [6, 6.07) is 5.66. The summed E-state index contributed by atoms with van der Waals surface area (Å²) >= 11 is -1.68. The Labute approximate surface area is 115 Å². The first kappa shape index (κ1) is 15.7. The van der Waals surface area contributed by atoms with Crippen LogP contribution >= 0.6 is 0 Å². The second kappa shape index (κ2) is 6.16. The second-order valence-corrected chi connectivity index (χ2v) is 6.68. The first-order chi connectivity index (χ1) is 8.77. The summed E-state index contributed by atoms with van der Waals surface area (Å²) in [5.74, 6) is -1.43. The number of nitrogens with zero attached hydrogens (tertiary/aromatic N) is 1. The third-order valence-corrected chi connectivity index (χ3v) is 3.60. The van der Waals surface area contributed by atoms with Gasteiger partial charge in [-0.1, -0.05) is 16.5 Å². The number of hydrogen-bond acceptors (Lipinski definition) is 4. The van der Waals surface area contributed by atoms with Gasteiger partial charge in [-0.3, -0.25) is 0 Å². The highest BCUT2D eigenvalue weighted by Gasteiger charge is 2.30. The Morgan fingerprint density at radius 1 is 1.37 bits per heavy atom. The van der Waals surface area contributed by atoms with Crippen LogP contribution in [0.1, 0.15) is 26.3 Å². The Morgan fingerprint density at radius 2 is 1.95 bits per heavy atom. The summed E-state index contributed by atoms with van der Waals surface area (Å²) in [6.07, 6.45) is 0. The molecule has 1 rings (SSSR count). The normalized spacial score (nSPS) is 14.1. The van der Waals surface area contributed by atoms with Gasteiger partial charge in [0.15, 0.2) is 0 Å². The molecule has 1 aromatic carbocycles. The van der Waals surface area contributed by atoms with Gasteiger partial charge in [-0.15, -0.1) is 0 Å². The van der Waals surface area contributed by atoms with Crippen molar-refractivity contribution in [3.8, 4) is 0 Å². The van der Waals surface area contributed by atoms with Gasteiger partial charge in [0.25, 0.3) is 0 Å². The van der Waals surface area contributed by atoms with Crippen molar-refractivity contribution in [3.05, 3.63) is 35.6 Å². The fraction of sp³-hybridized carbons (Fsp3) is 0.385. The predicted molar refractivity (Wildman–Crippen MR) is 72.8 cm³/mol. The molecule has 104 valence electrons. The fourth-order valence-corrected chi connectivity index (χ4v) is 1.78. The van der Waals surface area contributed by atoms with Crippen molar-refractivity contribution >= 4 is 23.0 Å². The van der Waals surface area contributed by atoms with Crippen LogP contribution in [0.15, 0.2) is 28.7 Å². The average Bonchev–Trinajstić information content (AvgIpc) is 2.34. The van der Waals surface area contributed by atoms with Crippen molar-refractivity contribution in [1.29, 1.82) is 0 Å². The molecule has 0 saturated carbocycles. The lowest BCUT2D eigenvalue weighted by molar-refractivity contribution is -0.132. The number of esters is 1. The number of methoxy groups -OCH3 is 1. The summed E-state index contributed by atoms with van der Waals surface area (Å²) in [6.45, 7) is 5.13. The molecule has 6 heteroatoms. The van der Waals surface area contributed by atoms with Crippen molar-refractivity contribution in [1.82, 2.24) is 0 Å². The minimum absolute atomic E-state index is 0.0213. The maximum absolute atomic E-state index is 13.7. The van der Waals surface area contributed by atoms with E-state index in [4.69, 9.17) is 0 Å². The Bertz CT molecular complexity index is 497. The van der Waals surface area contributed by atoms with Crippen molar-refractivity contribution in [2.75, 3.05) is 7.11 Å². The zero-order chi connectivity index (χ0) is 14.6. The van der Waals surface area contributed by atoms with Crippen molar-refractivity contribution < 1.29 is 18.5 Å². The van der Waals surface area contributed by atoms with Crippen LogP contribution in [0.2, 0.25) is 0 Å². The highest BCUT2D eigenvalue weighted by molar-refractivity contribution is 7.91. The molecule has 0 aliphatic rings. The van der Waals surface area contributed by atoms with Crippen LogP contribution < -0.4 is 0 Å². The molecule has 0 unspecified atom stereocenters. The summed E-state index contributed by atoms with van der Waals surface area (Å²) in [4.78, 5) is 11.7. The molecule has 0 radical (unpaired) electrons. The van der Waals surface area contributed by atoms with Crippen LogP contribution in [0.3, 0.4) is 0 Å². The van der Waals surface area contributed by atoms with E-state index < -0.39 is 27.9 Å². The van der Waals surface area contributed by atoms with Gasteiger partial charge in [0.1, 0.15) is 21.9 Å². The smallest absolute Gasteiger partial charge is 0.362 e. The van der Waals surface area contributed by atoms with Gasteiger partial charge >= 0.3 is 5.97 Å². The Kier molecular flexibility index (Phi) is 5.08. The zero-order valence-electron chi connectivity index (χ0n) is 11.3. The van der Waals surface area contributed by atoms with Gasteiger partial charge in [-0.05, 0) is 32.9 Å². The molecule has 0 aliphatic carbocycles. The maximum Gasteiger partial charge on any atom is 0.362 e. The van der Waals surface area contributed by atoms with Crippen LogP contribution in [-0.2, 0) is 20.9 Å². The van der Waals surface area contributed by atoms with Crippen molar-refractivity contribution in [3.63, 3.8) is 0 Å². The Morgan fingerprint density at radius 3 is 2.42 bits per heavy atom. The number of hydrogen-bond donors (Lipinski definition) is 0. The molecule has 0 bridgehead atoms. The van der Waals surface area contributed by atoms with Crippen LogP contribution in [0.4, 0.5) is 4.39 Å². The first-order valence-corrected chi connectivity index (χ1v) is 6.72. The SMILES string of the molecule is COC(=O)/C(=N\[S@@+]([O-])C(C)(C)C)c1ccccc1F. The highest BCUT2D eigenvalue weighted by atomic mass is 32.2. The van der Waals surface area contributed by atoms with Gasteiger partial charge in [-0.2, -0.15) is 0 Å². The lowest BCUT2D eigenvalue weighted by Crippen LogP contribution is -2.29. The van der Waals surface area contributed by atoms with Crippen LogP contribution in [0.5, 0.6) is 0 Å². The van der Waals surface area contributed by atoms with E-state index >= 15 is 0 Å². The largest absolute Gasteiger partial charge is 0.591 e. The lowest BCUT2D eigenvalue weighted by atomic mass is 10.1. The number of ether oxygens (including phenoxy) is 1. The third kappa shape index (κ3) is 4.04. The molecule has 0 aliphatic heterocycles. The molecule has 19 heavy (non-hydrogen) atoms. The zero-order valence-corrected chi connectivity index (χ0v) is 12.1. The molecule has 0 aromatic heterocycles. The van der Waals surface area contributed by atoms with Crippen molar-refractivity contribution in [2.45, 2.75) is 25.5 Å². The van der Waals surface area contributed by atoms with E-state index in [1.807, 2.05) is 0 Å². The van der Waals surface area contributed by atoms with Crippen LogP contribution in [-0.4, -0.2) is 28.1 Å². The first-order valence-electron chi connectivity index (χ1n) is 5.61. The molecule has 1 atom stereocenters. The van der Waals surface area contributed by atoms with Crippen LogP contribution in [0.25, 0.3) is 0 Å². The molecule has 0 N–H and O–H groups in total. The molecule has 0 spiro atoms. The quantitative estimate of drug-likeness (QED) is 0.486.